The Bertz CT molecular complexity index is 659. The molecule has 0 spiro atoms. The zero-order valence-corrected chi connectivity index (χ0v) is 10.3. The lowest BCUT2D eigenvalue weighted by Gasteiger charge is -2.18. The van der Waals surface area contributed by atoms with Gasteiger partial charge >= 0.3 is 5.69 Å². The molecule has 0 radical (unpaired) electrons. The maximum atomic E-state index is 12.2. The number of aromatic amines is 1. The summed E-state index contributed by atoms with van der Waals surface area (Å²) >= 11 is 0. The largest absolute Gasteiger partial charge is 0.328 e. The third-order valence-corrected chi connectivity index (χ3v) is 2.52. The third kappa shape index (κ3) is 2.30. The van der Waals surface area contributed by atoms with Gasteiger partial charge < -0.3 is 4.98 Å². The summed E-state index contributed by atoms with van der Waals surface area (Å²) in [5.74, 6) is 0. The number of nitrogens with one attached hydrogen (secondary N) is 1. The van der Waals surface area contributed by atoms with Crippen molar-refractivity contribution < 1.29 is 0 Å². The van der Waals surface area contributed by atoms with Crippen LogP contribution in [0.4, 0.5) is 0 Å². The molecule has 0 amide bonds. The summed E-state index contributed by atoms with van der Waals surface area (Å²) in [5.41, 5.74) is -0.0882. The summed E-state index contributed by atoms with van der Waals surface area (Å²) in [5, 5.41) is 0.552. The van der Waals surface area contributed by atoms with Crippen LogP contribution in [-0.4, -0.2) is 9.55 Å². The van der Waals surface area contributed by atoms with Crippen LogP contribution in [0.25, 0.3) is 10.9 Å². The Kier molecular flexibility index (Phi) is 2.65. The van der Waals surface area contributed by atoms with Gasteiger partial charge in [-0.05, 0) is 17.5 Å². The highest BCUT2D eigenvalue weighted by Gasteiger charge is 2.15. The predicted molar refractivity (Wildman–Crippen MR) is 68.3 cm³/mol. The molecule has 1 heterocycles. The highest BCUT2D eigenvalue weighted by molar-refractivity contribution is 5.76. The SMILES string of the molecule is CC(C)(C)Cn1c(=O)[nH]c2ccccc2c1=O. The van der Waals surface area contributed by atoms with Crippen LogP contribution in [0.5, 0.6) is 0 Å². The molecule has 2 rings (SSSR count). The molecule has 1 N–H and O–H groups in total. The summed E-state index contributed by atoms with van der Waals surface area (Å²) < 4.78 is 1.27. The molecular weight excluding hydrogens is 216 g/mol. The van der Waals surface area contributed by atoms with Crippen molar-refractivity contribution >= 4 is 10.9 Å². The number of hydrogen-bond donors (Lipinski definition) is 1. The van der Waals surface area contributed by atoms with Crippen LogP contribution in [0.1, 0.15) is 20.8 Å². The van der Waals surface area contributed by atoms with Gasteiger partial charge in [0.25, 0.3) is 5.56 Å². The summed E-state index contributed by atoms with van der Waals surface area (Å²) in [6.45, 7) is 6.39. The van der Waals surface area contributed by atoms with E-state index in [-0.39, 0.29) is 16.7 Å². The first kappa shape index (κ1) is 11.6. The van der Waals surface area contributed by atoms with Crippen LogP contribution in [0, 0.1) is 5.41 Å². The number of hydrogen-bond acceptors (Lipinski definition) is 2. The molecule has 0 unspecified atom stereocenters. The van der Waals surface area contributed by atoms with Crippen LogP contribution in [0.2, 0.25) is 0 Å². The van der Waals surface area contributed by atoms with Gasteiger partial charge in [0.2, 0.25) is 0 Å². The molecule has 0 aliphatic carbocycles. The highest BCUT2D eigenvalue weighted by atomic mass is 16.2. The van der Waals surface area contributed by atoms with Crippen LogP contribution < -0.4 is 11.2 Å². The van der Waals surface area contributed by atoms with Crippen molar-refractivity contribution in [3.05, 3.63) is 45.1 Å². The van der Waals surface area contributed by atoms with Crippen molar-refractivity contribution in [3.63, 3.8) is 0 Å². The van der Waals surface area contributed by atoms with Crippen molar-refractivity contribution in [1.82, 2.24) is 9.55 Å². The van der Waals surface area contributed by atoms with Crippen molar-refractivity contribution in [2.24, 2.45) is 5.41 Å². The van der Waals surface area contributed by atoms with Crippen LogP contribution in [0.3, 0.4) is 0 Å². The van der Waals surface area contributed by atoms with E-state index in [0.717, 1.165) is 0 Å². The molecule has 4 heteroatoms. The molecule has 1 aromatic heterocycles. The zero-order valence-electron chi connectivity index (χ0n) is 10.3. The Morgan fingerprint density at radius 2 is 1.82 bits per heavy atom. The zero-order chi connectivity index (χ0) is 12.6. The first-order valence-electron chi connectivity index (χ1n) is 5.60. The second kappa shape index (κ2) is 3.87. The second-order valence-electron chi connectivity index (χ2n) is 5.43. The quantitative estimate of drug-likeness (QED) is 0.814. The van der Waals surface area contributed by atoms with E-state index in [0.29, 0.717) is 17.4 Å². The summed E-state index contributed by atoms with van der Waals surface area (Å²) in [6, 6.07) is 7.06. The second-order valence-corrected chi connectivity index (χ2v) is 5.43. The van der Waals surface area contributed by atoms with Crippen molar-refractivity contribution in [2.45, 2.75) is 27.3 Å². The molecule has 2 aromatic rings. The number of fused-ring (bicyclic) bond motifs is 1. The minimum Gasteiger partial charge on any atom is -0.307 e. The number of aromatic nitrogens is 2. The lowest BCUT2D eigenvalue weighted by molar-refractivity contribution is 0.332. The summed E-state index contributed by atoms with van der Waals surface area (Å²) in [6.07, 6.45) is 0. The molecule has 0 atom stereocenters. The number of rotatable bonds is 1. The molecule has 4 nitrogen and oxygen atoms in total. The van der Waals surface area contributed by atoms with Gasteiger partial charge in [0, 0.05) is 6.54 Å². The van der Waals surface area contributed by atoms with Gasteiger partial charge in [0.05, 0.1) is 10.9 Å². The Labute approximate surface area is 98.9 Å². The van der Waals surface area contributed by atoms with Crippen molar-refractivity contribution in [2.75, 3.05) is 0 Å². The van der Waals surface area contributed by atoms with E-state index in [2.05, 4.69) is 4.98 Å². The smallest absolute Gasteiger partial charge is 0.307 e. The fourth-order valence-corrected chi connectivity index (χ4v) is 1.82. The van der Waals surface area contributed by atoms with E-state index in [4.69, 9.17) is 0 Å². The molecule has 0 fully saturated rings. The van der Waals surface area contributed by atoms with E-state index in [1.807, 2.05) is 20.8 Å². The maximum absolute atomic E-state index is 12.2. The predicted octanol–water partition coefficient (Wildman–Crippen LogP) is 1.74. The fourth-order valence-electron chi connectivity index (χ4n) is 1.82. The van der Waals surface area contributed by atoms with Gasteiger partial charge in [-0.1, -0.05) is 32.9 Å². The normalized spacial score (nSPS) is 11.9. The highest BCUT2D eigenvalue weighted by Crippen LogP contribution is 2.14. The lowest BCUT2D eigenvalue weighted by Crippen LogP contribution is -2.38. The van der Waals surface area contributed by atoms with Gasteiger partial charge in [-0.15, -0.1) is 0 Å². The average molecular weight is 232 g/mol. The molecule has 0 aliphatic heterocycles. The van der Waals surface area contributed by atoms with Crippen molar-refractivity contribution in [3.8, 4) is 0 Å². The Morgan fingerprint density at radius 3 is 2.47 bits per heavy atom. The number of benzene rings is 1. The minimum absolute atomic E-state index is 0.112. The number of nitrogens with zero attached hydrogens (tertiary/aromatic N) is 1. The molecule has 90 valence electrons. The van der Waals surface area contributed by atoms with Crippen LogP contribution in [-0.2, 0) is 6.54 Å². The molecule has 0 saturated carbocycles. The van der Waals surface area contributed by atoms with E-state index < -0.39 is 0 Å². The maximum Gasteiger partial charge on any atom is 0.328 e. The molecular formula is C13H16N2O2. The summed E-state index contributed by atoms with van der Waals surface area (Å²) in [7, 11) is 0. The third-order valence-electron chi connectivity index (χ3n) is 2.52. The monoisotopic (exact) mass is 232 g/mol. The van der Waals surface area contributed by atoms with Crippen molar-refractivity contribution in [1.29, 1.82) is 0 Å². The Hall–Kier alpha value is -1.84. The first-order valence-corrected chi connectivity index (χ1v) is 5.60. The van der Waals surface area contributed by atoms with Gasteiger partial charge in [-0.2, -0.15) is 0 Å². The molecule has 0 bridgehead atoms. The first-order chi connectivity index (χ1) is 7.88. The van der Waals surface area contributed by atoms with E-state index in [1.54, 1.807) is 24.3 Å². The summed E-state index contributed by atoms with van der Waals surface area (Å²) in [4.78, 5) is 26.7. The number of para-hydroxylation sites is 1. The van der Waals surface area contributed by atoms with E-state index >= 15 is 0 Å². The van der Waals surface area contributed by atoms with Crippen LogP contribution >= 0.6 is 0 Å². The van der Waals surface area contributed by atoms with Gasteiger partial charge in [-0.25, -0.2) is 4.79 Å². The molecule has 1 aromatic carbocycles. The van der Waals surface area contributed by atoms with Gasteiger partial charge in [0.1, 0.15) is 0 Å². The molecule has 17 heavy (non-hydrogen) atoms. The van der Waals surface area contributed by atoms with Gasteiger partial charge in [0.15, 0.2) is 0 Å². The fraction of sp³-hybridized carbons (Fsp3) is 0.385. The van der Waals surface area contributed by atoms with Crippen LogP contribution in [0.15, 0.2) is 33.9 Å². The topological polar surface area (TPSA) is 54.9 Å². The standard InChI is InChI=1S/C13H16N2O2/c1-13(2,3)8-15-11(16)9-6-4-5-7-10(9)14-12(15)17/h4-7H,8H2,1-3H3,(H,14,17). The van der Waals surface area contributed by atoms with E-state index in [1.165, 1.54) is 4.57 Å². The van der Waals surface area contributed by atoms with E-state index in [9.17, 15) is 9.59 Å². The lowest BCUT2D eigenvalue weighted by atomic mass is 9.97. The van der Waals surface area contributed by atoms with Gasteiger partial charge in [-0.3, -0.25) is 9.36 Å². The average Bonchev–Trinajstić information content (AvgIpc) is 2.23. The minimum atomic E-state index is -0.344. The Morgan fingerprint density at radius 1 is 1.18 bits per heavy atom. The molecule has 0 aliphatic rings. The Balaban J connectivity index is 2.73. The molecule has 0 saturated heterocycles. The number of H-pyrrole nitrogens is 1.